The molecule has 7 nitrogen and oxygen atoms in total. The van der Waals surface area contributed by atoms with E-state index in [2.05, 4.69) is 41.4 Å². The number of carbonyl (C=O) groups is 1. The second-order valence-corrected chi connectivity index (χ2v) is 7.10. The molecule has 0 aromatic carbocycles. The van der Waals surface area contributed by atoms with Crippen LogP contribution in [0.15, 0.2) is 16.9 Å². The molecule has 2 aromatic rings. The fourth-order valence-electron chi connectivity index (χ4n) is 3.29. The van der Waals surface area contributed by atoms with Crippen LogP contribution in [0.25, 0.3) is 11.0 Å². The molecule has 1 aliphatic heterocycles. The molecule has 0 aliphatic carbocycles. The Bertz CT molecular complexity index is 748. The number of carbonyl (C=O) groups excluding carboxylic acids is 1. The zero-order valence-corrected chi connectivity index (χ0v) is 16.1. The number of anilines is 2. The highest BCUT2D eigenvalue weighted by atomic mass is 79.9. The predicted molar refractivity (Wildman–Crippen MR) is 103 cm³/mol. The average molecular weight is 410 g/mol. The standard InChI is InChI=1S/C17H24BrN5O2/c1-19-11-4-3-6-23(10-11)16-12(18)8-20-17-15(16)13(9-21-17)22-14(24)5-7-25-2/h8-9,11,19H,3-7,10H2,1-2H3,(H,20,21)(H,22,24). The van der Waals surface area contributed by atoms with Gasteiger partial charge in [-0.1, -0.05) is 0 Å². The number of halogens is 1. The summed E-state index contributed by atoms with van der Waals surface area (Å²) in [4.78, 5) is 22.1. The molecule has 3 rings (SSSR count). The van der Waals surface area contributed by atoms with Gasteiger partial charge in [-0.2, -0.15) is 0 Å². The Kier molecular flexibility index (Phi) is 5.93. The third-order valence-electron chi connectivity index (χ3n) is 4.58. The van der Waals surface area contributed by atoms with Gasteiger partial charge in [-0.3, -0.25) is 4.79 Å². The molecule has 1 amide bonds. The molecule has 1 atom stereocenters. The lowest BCUT2D eigenvalue weighted by molar-refractivity contribution is -0.117. The maximum Gasteiger partial charge on any atom is 0.226 e. The molecular weight excluding hydrogens is 386 g/mol. The number of amides is 1. The van der Waals surface area contributed by atoms with E-state index in [1.807, 2.05) is 13.2 Å². The van der Waals surface area contributed by atoms with Crippen molar-refractivity contribution < 1.29 is 9.53 Å². The van der Waals surface area contributed by atoms with E-state index in [-0.39, 0.29) is 5.91 Å². The number of rotatable bonds is 6. The molecule has 3 N–H and O–H groups in total. The van der Waals surface area contributed by atoms with Crippen molar-refractivity contribution in [2.75, 3.05) is 44.1 Å². The Morgan fingerprint density at radius 3 is 3.16 bits per heavy atom. The van der Waals surface area contributed by atoms with Crippen molar-refractivity contribution in [3.63, 3.8) is 0 Å². The van der Waals surface area contributed by atoms with Crippen LogP contribution in [0.3, 0.4) is 0 Å². The molecule has 0 spiro atoms. The number of nitrogens with one attached hydrogen (secondary N) is 3. The first-order valence-corrected chi connectivity index (χ1v) is 9.30. The second-order valence-electron chi connectivity index (χ2n) is 6.25. The van der Waals surface area contributed by atoms with Gasteiger partial charge in [0.15, 0.2) is 0 Å². The van der Waals surface area contributed by atoms with Crippen LogP contribution in [0.2, 0.25) is 0 Å². The van der Waals surface area contributed by atoms with Gasteiger partial charge in [-0.05, 0) is 35.8 Å². The van der Waals surface area contributed by atoms with Crippen molar-refractivity contribution in [1.29, 1.82) is 0 Å². The normalized spacial score (nSPS) is 17.9. The highest BCUT2D eigenvalue weighted by Crippen LogP contribution is 2.38. The van der Waals surface area contributed by atoms with Crippen molar-refractivity contribution in [2.24, 2.45) is 0 Å². The van der Waals surface area contributed by atoms with Gasteiger partial charge >= 0.3 is 0 Å². The van der Waals surface area contributed by atoms with Crippen molar-refractivity contribution in [3.05, 3.63) is 16.9 Å². The van der Waals surface area contributed by atoms with E-state index in [0.29, 0.717) is 19.1 Å². The first-order valence-electron chi connectivity index (χ1n) is 8.50. The summed E-state index contributed by atoms with van der Waals surface area (Å²) in [7, 11) is 3.59. The first kappa shape index (κ1) is 18.2. The SMILES string of the molecule is CNC1CCCN(c2c(Br)cnc3[nH]cc(NC(=O)CCOC)c23)C1. The number of H-pyrrole nitrogens is 1. The van der Waals surface area contributed by atoms with Crippen LogP contribution in [0.5, 0.6) is 0 Å². The van der Waals surface area contributed by atoms with Gasteiger partial charge in [-0.15, -0.1) is 0 Å². The Morgan fingerprint density at radius 1 is 1.56 bits per heavy atom. The summed E-state index contributed by atoms with van der Waals surface area (Å²) in [6.07, 6.45) is 6.24. The smallest absolute Gasteiger partial charge is 0.226 e. The quantitative estimate of drug-likeness (QED) is 0.682. The van der Waals surface area contributed by atoms with E-state index in [0.717, 1.165) is 46.4 Å². The fraction of sp³-hybridized carbons (Fsp3) is 0.529. The summed E-state index contributed by atoms with van der Waals surface area (Å²) >= 11 is 3.65. The molecule has 1 saturated heterocycles. The van der Waals surface area contributed by atoms with Crippen LogP contribution in [0.1, 0.15) is 19.3 Å². The minimum Gasteiger partial charge on any atom is -0.384 e. The largest absolute Gasteiger partial charge is 0.384 e. The van der Waals surface area contributed by atoms with E-state index < -0.39 is 0 Å². The van der Waals surface area contributed by atoms with Gasteiger partial charge in [0.05, 0.1) is 34.3 Å². The first-order chi connectivity index (χ1) is 12.1. The minimum atomic E-state index is -0.0691. The van der Waals surface area contributed by atoms with E-state index in [4.69, 9.17) is 4.74 Å². The lowest BCUT2D eigenvalue weighted by Gasteiger charge is -2.35. The summed E-state index contributed by atoms with van der Waals surface area (Å²) in [6.45, 7) is 2.31. The van der Waals surface area contributed by atoms with E-state index in [1.54, 1.807) is 13.3 Å². The average Bonchev–Trinajstić information content (AvgIpc) is 3.02. The Morgan fingerprint density at radius 2 is 2.40 bits per heavy atom. The number of fused-ring (bicyclic) bond motifs is 1. The third-order valence-corrected chi connectivity index (χ3v) is 5.16. The molecule has 136 valence electrons. The number of methoxy groups -OCH3 is 1. The zero-order chi connectivity index (χ0) is 17.8. The summed E-state index contributed by atoms with van der Waals surface area (Å²) in [6, 6.07) is 0.461. The van der Waals surface area contributed by atoms with E-state index >= 15 is 0 Å². The summed E-state index contributed by atoms with van der Waals surface area (Å²) in [5.41, 5.74) is 2.60. The highest BCUT2D eigenvalue weighted by molar-refractivity contribution is 9.10. The molecule has 2 aromatic heterocycles. The van der Waals surface area contributed by atoms with Gasteiger partial charge in [0, 0.05) is 38.6 Å². The number of hydrogen-bond acceptors (Lipinski definition) is 5. The van der Waals surface area contributed by atoms with Crippen molar-refractivity contribution in [3.8, 4) is 0 Å². The van der Waals surface area contributed by atoms with Gasteiger partial charge in [0.1, 0.15) is 5.65 Å². The number of piperidine rings is 1. The van der Waals surface area contributed by atoms with Gasteiger partial charge in [-0.25, -0.2) is 4.98 Å². The number of nitrogens with zero attached hydrogens (tertiary/aromatic N) is 2. The van der Waals surface area contributed by atoms with Gasteiger partial charge in [0.25, 0.3) is 0 Å². The number of ether oxygens (including phenoxy) is 1. The zero-order valence-electron chi connectivity index (χ0n) is 14.6. The van der Waals surface area contributed by atoms with Crippen LogP contribution in [0.4, 0.5) is 11.4 Å². The summed E-state index contributed by atoms with van der Waals surface area (Å²) in [5.74, 6) is -0.0691. The Labute approximate surface area is 155 Å². The van der Waals surface area contributed by atoms with Crippen LogP contribution in [-0.2, 0) is 9.53 Å². The van der Waals surface area contributed by atoms with Gasteiger partial charge in [0.2, 0.25) is 5.91 Å². The van der Waals surface area contributed by atoms with Crippen LogP contribution < -0.4 is 15.5 Å². The number of pyridine rings is 1. The predicted octanol–water partition coefficient (Wildman–Crippen LogP) is 2.49. The lowest BCUT2D eigenvalue weighted by atomic mass is 10.0. The molecule has 25 heavy (non-hydrogen) atoms. The van der Waals surface area contributed by atoms with Gasteiger partial charge < -0.3 is 25.3 Å². The molecular formula is C17H24BrN5O2. The second kappa shape index (κ2) is 8.16. The van der Waals surface area contributed by atoms with Crippen molar-refractivity contribution in [1.82, 2.24) is 15.3 Å². The minimum absolute atomic E-state index is 0.0691. The molecule has 0 saturated carbocycles. The van der Waals surface area contributed by atoms with Crippen LogP contribution >= 0.6 is 15.9 Å². The number of aromatic nitrogens is 2. The number of aromatic amines is 1. The molecule has 1 fully saturated rings. The third kappa shape index (κ3) is 3.96. The number of likely N-dealkylation sites (N-methyl/N-ethyl adjacent to an activating group) is 1. The van der Waals surface area contributed by atoms with E-state index in [1.165, 1.54) is 6.42 Å². The Hall–Kier alpha value is -1.64. The highest BCUT2D eigenvalue weighted by Gasteiger charge is 2.24. The molecule has 0 radical (unpaired) electrons. The van der Waals surface area contributed by atoms with E-state index in [9.17, 15) is 4.79 Å². The van der Waals surface area contributed by atoms with Crippen molar-refractivity contribution >= 4 is 44.2 Å². The summed E-state index contributed by atoms with van der Waals surface area (Å²) < 4.78 is 5.91. The summed E-state index contributed by atoms with van der Waals surface area (Å²) in [5, 5.41) is 7.29. The molecule has 0 bridgehead atoms. The molecule has 3 heterocycles. The topological polar surface area (TPSA) is 82.3 Å². The maximum absolute atomic E-state index is 12.1. The van der Waals surface area contributed by atoms with Crippen LogP contribution in [0, 0.1) is 0 Å². The Balaban J connectivity index is 1.95. The monoisotopic (exact) mass is 409 g/mol. The maximum atomic E-state index is 12.1. The number of hydrogen-bond donors (Lipinski definition) is 3. The fourth-order valence-corrected chi connectivity index (χ4v) is 3.84. The van der Waals surface area contributed by atoms with Crippen LogP contribution in [-0.4, -0.2) is 55.8 Å². The lowest BCUT2D eigenvalue weighted by Crippen LogP contribution is -2.44. The molecule has 8 heteroatoms. The van der Waals surface area contributed by atoms with Crippen molar-refractivity contribution in [2.45, 2.75) is 25.3 Å². The molecule has 1 aliphatic rings. The molecule has 1 unspecified atom stereocenters.